The normalized spacial score (nSPS) is 23.3. The highest BCUT2D eigenvalue weighted by atomic mass is 16.2. The van der Waals surface area contributed by atoms with Crippen LogP contribution in [-0.4, -0.2) is 46.7 Å². The van der Waals surface area contributed by atoms with Crippen molar-refractivity contribution in [2.24, 2.45) is 5.92 Å². The molecule has 1 saturated heterocycles. The zero-order chi connectivity index (χ0) is 16.9. The first-order valence-electron chi connectivity index (χ1n) is 9.74. The van der Waals surface area contributed by atoms with Crippen molar-refractivity contribution >= 4 is 5.91 Å². The van der Waals surface area contributed by atoms with E-state index in [9.17, 15) is 4.79 Å². The van der Waals surface area contributed by atoms with E-state index in [-0.39, 0.29) is 11.9 Å². The third-order valence-corrected chi connectivity index (χ3v) is 5.76. The minimum absolute atomic E-state index is 0.0204. The molecule has 1 aromatic rings. The SMILES string of the molecule is CCc1[nH]nc(C(=O)N[C@@H]2CCCN(CC3CCCCC3)C2)c1C. The van der Waals surface area contributed by atoms with Crippen LogP contribution in [0, 0.1) is 12.8 Å². The molecule has 1 aliphatic carbocycles. The molecule has 0 unspecified atom stereocenters. The molecule has 2 aliphatic rings. The van der Waals surface area contributed by atoms with Crippen molar-refractivity contribution in [2.75, 3.05) is 19.6 Å². The number of likely N-dealkylation sites (tertiary alicyclic amines) is 1. The van der Waals surface area contributed by atoms with E-state index in [4.69, 9.17) is 0 Å². The van der Waals surface area contributed by atoms with Crippen LogP contribution in [0.1, 0.15) is 73.6 Å². The van der Waals surface area contributed by atoms with E-state index in [1.165, 1.54) is 51.6 Å². The van der Waals surface area contributed by atoms with Crippen molar-refractivity contribution in [3.05, 3.63) is 17.0 Å². The van der Waals surface area contributed by atoms with Crippen LogP contribution in [0.4, 0.5) is 0 Å². The summed E-state index contributed by atoms with van der Waals surface area (Å²) in [6.07, 6.45) is 10.1. The molecule has 2 heterocycles. The molecule has 1 aromatic heterocycles. The Hall–Kier alpha value is -1.36. The van der Waals surface area contributed by atoms with Gasteiger partial charge in [0.2, 0.25) is 0 Å². The molecule has 24 heavy (non-hydrogen) atoms. The van der Waals surface area contributed by atoms with Gasteiger partial charge in [0.05, 0.1) is 0 Å². The quantitative estimate of drug-likeness (QED) is 0.871. The number of piperidine rings is 1. The molecule has 0 radical (unpaired) electrons. The van der Waals surface area contributed by atoms with E-state index in [2.05, 4.69) is 27.3 Å². The maximum absolute atomic E-state index is 12.5. The van der Waals surface area contributed by atoms with Crippen LogP contribution in [-0.2, 0) is 6.42 Å². The molecule has 3 rings (SSSR count). The number of nitrogens with one attached hydrogen (secondary N) is 2. The van der Waals surface area contributed by atoms with E-state index < -0.39 is 0 Å². The van der Waals surface area contributed by atoms with Gasteiger partial charge in [-0.3, -0.25) is 9.89 Å². The summed E-state index contributed by atoms with van der Waals surface area (Å²) in [7, 11) is 0. The molecule has 1 amide bonds. The summed E-state index contributed by atoms with van der Waals surface area (Å²) in [5, 5.41) is 10.4. The second kappa shape index (κ2) is 8.15. The molecule has 5 nitrogen and oxygen atoms in total. The van der Waals surface area contributed by atoms with Crippen LogP contribution in [0.2, 0.25) is 0 Å². The maximum atomic E-state index is 12.5. The topological polar surface area (TPSA) is 61.0 Å². The van der Waals surface area contributed by atoms with Gasteiger partial charge in [0.1, 0.15) is 0 Å². The minimum Gasteiger partial charge on any atom is -0.347 e. The van der Waals surface area contributed by atoms with Gasteiger partial charge in [0, 0.05) is 30.4 Å². The van der Waals surface area contributed by atoms with E-state index in [0.29, 0.717) is 5.69 Å². The number of nitrogens with zero attached hydrogens (tertiary/aromatic N) is 2. The average molecular weight is 332 g/mol. The van der Waals surface area contributed by atoms with Crippen LogP contribution < -0.4 is 5.32 Å². The molecule has 134 valence electrons. The number of carbonyl (C=O) groups is 1. The zero-order valence-corrected chi connectivity index (χ0v) is 15.2. The molecule has 2 N–H and O–H groups in total. The first-order chi connectivity index (χ1) is 11.7. The van der Waals surface area contributed by atoms with Crippen molar-refractivity contribution in [1.82, 2.24) is 20.4 Å². The smallest absolute Gasteiger partial charge is 0.272 e. The Balaban J connectivity index is 1.52. The van der Waals surface area contributed by atoms with Crippen molar-refractivity contribution < 1.29 is 4.79 Å². The minimum atomic E-state index is -0.0204. The number of rotatable bonds is 5. The van der Waals surface area contributed by atoms with Gasteiger partial charge in [-0.15, -0.1) is 0 Å². The summed E-state index contributed by atoms with van der Waals surface area (Å²) >= 11 is 0. The highest BCUT2D eigenvalue weighted by Gasteiger charge is 2.26. The number of aromatic amines is 1. The number of H-pyrrole nitrogens is 1. The molecule has 0 aromatic carbocycles. The summed E-state index contributed by atoms with van der Waals surface area (Å²) in [4.78, 5) is 15.1. The van der Waals surface area contributed by atoms with Crippen molar-refractivity contribution in [3.63, 3.8) is 0 Å². The van der Waals surface area contributed by atoms with Gasteiger partial charge < -0.3 is 10.2 Å². The summed E-state index contributed by atoms with van der Waals surface area (Å²) in [6, 6.07) is 0.260. The largest absolute Gasteiger partial charge is 0.347 e. The van der Waals surface area contributed by atoms with Gasteiger partial charge in [-0.2, -0.15) is 5.10 Å². The fraction of sp³-hybridized carbons (Fsp3) is 0.789. The highest BCUT2D eigenvalue weighted by molar-refractivity contribution is 5.94. The van der Waals surface area contributed by atoms with Gasteiger partial charge >= 0.3 is 0 Å². The predicted molar refractivity (Wildman–Crippen MR) is 96.2 cm³/mol. The molecule has 5 heteroatoms. The number of amides is 1. The van der Waals surface area contributed by atoms with Crippen LogP contribution in [0.15, 0.2) is 0 Å². The number of aromatic nitrogens is 2. The predicted octanol–water partition coefficient (Wildman–Crippen LogP) is 3.06. The third-order valence-electron chi connectivity index (χ3n) is 5.76. The molecule has 1 aliphatic heterocycles. The van der Waals surface area contributed by atoms with Crippen molar-refractivity contribution in [1.29, 1.82) is 0 Å². The standard InChI is InChI=1S/C19H32N4O/c1-3-17-14(2)18(22-21-17)19(24)20-16-10-7-11-23(13-16)12-15-8-5-4-6-9-15/h15-16H,3-13H2,1-2H3,(H,20,24)(H,21,22)/t16-/m1/s1. The molecule has 2 fully saturated rings. The fourth-order valence-corrected chi connectivity index (χ4v) is 4.33. The van der Waals surface area contributed by atoms with E-state index in [1.54, 1.807) is 0 Å². The molecule has 0 spiro atoms. The summed E-state index contributed by atoms with van der Waals surface area (Å²) in [6.45, 7) is 7.45. The summed E-state index contributed by atoms with van der Waals surface area (Å²) in [5.74, 6) is 0.849. The zero-order valence-electron chi connectivity index (χ0n) is 15.2. The Morgan fingerprint density at radius 1 is 1.25 bits per heavy atom. The van der Waals surface area contributed by atoms with E-state index in [1.807, 2.05) is 6.92 Å². The average Bonchev–Trinajstić information content (AvgIpc) is 2.97. The van der Waals surface area contributed by atoms with Crippen LogP contribution in [0.25, 0.3) is 0 Å². The van der Waals surface area contributed by atoms with Crippen LogP contribution in [0.3, 0.4) is 0 Å². The maximum Gasteiger partial charge on any atom is 0.272 e. The lowest BCUT2D eigenvalue weighted by atomic mass is 9.88. The lowest BCUT2D eigenvalue weighted by Crippen LogP contribution is -2.49. The second-order valence-corrected chi connectivity index (χ2v) is 7.61. The Morgan fingerprint density at radius 2 is 2.04 bits per heavy atom. The van der Waals surface area contributed by atoms with Crippen LogP contribution >= 0.6 is 0 Å². The van der Waals surface area contributed by atoms with E-state index in [0.717, 1.165) is 36.6 Å². The van der Waals surface area contributed by atoms with Gasteiger partial charge in [0.15, 0.2) is 5.69 Å². The first kappa shape index (κ1) is 17.5. The summed E-state index contributed by atoms with van der Waals surface area (Å²) in [5.41, 5.74) is 2.61. The lowest BCUT2D eigenvalue weighted by Gasteiger charge is -2.36. The van der Waals surface area contributed by atoms with E-state index >= 15 is 0 Å². The Labute approximate surface area is 145 Å². The molecule has 1 atom stereocenters. The third kappa shape index (κ3) is 4.18. The Morgan fingerprint density at radius 3 is 2.75 bits per heavy atom. The molecule has 1 saturated carbocycles. The first-order valence-corrected chi connectivity index (χ1v) is 9.74. The number of hydrogen-bond acceptors (Lipinski definition) is 3. The van der Waals surface area contributed by atoms with Crippen molar-refractivity contribution in [2.45, 2.75) is 71.3 Å². The molecular weight excluding hydrogens is 300 g/mol. The van der Waals surface area contributed by atoms with Gasteiger partial charge in [-0.1, -0.05) is 26.2 Å². The number of carbonyl (C=O) groups excluding carboxylic acids is 1. The number of hydrogen-bond donors (Lipinski definition) is 2. The van der Waals surface area contributed by atoms with Crippen LogP contribution in [0.5, 0.6) is 0 Å². The fourth-order valence-electron chi connectivity index (χ4n) is 4.33. The molecular formula is C19H32N4O. The molecule has 0 bridgehead atoms. The second-order valence-electron chi connectivity index (χ2n) is 7.61. The van der Waals surface area contributed by atoms with Crippen molar-refractivity contribution in [3.8, 4) is 0 Å². The summed E-state index contributed by atoms with van der Waals surface area (Å²) < 4.78 is 0. The Kier molecular flexibility index (Phi) is 5.93. The van der Waals surface area contributed by atoms with Gasteiger partial charge in [-0.05, 0) is 51.5 Å². The lowest BCUT2D eigenvalue weighted by molar-refractivity contribution is 0.0884. The highest BCUT2D eigenvalue weighted by Crippen LogP contribution is 2.25. The Bertz CT molecular complexity index is 548. The monoisotopic (exact) mass is 332 g/mol. The number of aryl methyl sites for hydroxylation is 1. The van der Waals surface area contributed by atoms with Gasteiger partial charge in [-0.25, -0.2) is 0 Å². The van der Waals surface area contributed by atoms with Gasteiger partial charge in [0.25, 0.3) is 5.91 Å².